The summed E-state index contributed by atoms with van der Waals surface area (Å²) in [5.74, 6) is 0.422. The van der Waals surface area contributed by atoms with Gasteiger partial charge in [-0.2, -0.15) is 0 Å². The van der Waals surface area contributed by atoms with Crippen LogP contribution >= 0.6 is 11.6 Å². The highest BCUT2D eigenvalue weighted by atomic mass is 35.5. The van der Waals surface area contributed by atoms with Crippen LogP contribution in [0.5, 0.6) is 0 Å². The average molecular weight is 294 g/mol. The second-order valence-corrected chi connectivity index (χ2v) is 4.32. The third kappa shape index (κ3) is 3.16. The van der Waals surface area contributed by atoms with Crippen molar-refractivity contribution in [1.82, 2.24) is 9.97 Å². The van der Waals surface area contributed by atoms with E-state index in [4.69, 9.17) is 17.3 Å². The number of hydrogen-bond donors (Lipinski definition) is 3. The fourth-order valence-electron chi connectivity index (χ4n) is 1.52. The summed E-state index contributed by atoms with van der Waals surface area (Å²) in [6.07, 6.45) is 3.06. The van der Waals surface area contributed by atoms with Crippen molar-refractivity contribution >= 4 is 34.6 Å². The van der Waals surface area contributed by atoms with Gasteiger partial charge in [0.05, 0.1) is 5.02 Å². The summed E-state index contributed by atoms with van der Waals surface area (Å²) in [4.78, 5) is 8.07. The van der Waals surface area contributed by atoms with Crippen molar-refractivity contribution in [2.45, 2.75) is 0 Å². The minimum Gasteiger partial charge on any atom is -0.393 e. The summed E-state index contributed by atoms with van der Waals surface area (Å²) in [6, 6.07) is 4.26. The van der Waals surface area contributed by atoms with E-state index in [-0.39, 0.29) is 5.02 Å². The van der Waals surface area contributed by atoms with Crippen LogP contribution in [0.4, 0.5) is 27.4 Å². The molecule has 0 atom stereocenters. The van der Waals surface area contributed by atoms with Gasteiger partial charge in [0.2, 0.25) is 0 Å². The zero-order valence-electron chi connectivity index (χ0n) is 10.5. The third-order valence-electron chi connectivity index (χ3n) is 2.48. The molecule has 0 unspecified atom stereocenters. The van der Waals surface area contributed by atoms with E-state index in [9.17, 15) is 4.39 Å². The lowest BCUT2D eigenvalue weighted by Crippen LogP contribution is -2.07. The lowest BCUT2D eigenvalue weighted by atomic mass is 10.3. The van der Waals surface area contributed by atoms with Gasteiger partial charge >= 0.3 is 0 Å². The number of nitrogens with zero attached hydrogens (tertiary/aromatic N) is 2. The molecule has 0 aliphatic heterocycles. The summed E-state index contributed by atoms with van der Waals surface area (Å²) in [5.41, 5.74) is 6.88. The number of rotatable bonds is 5. The fraction of sp³-hybridized carbons (Fsp3) is 0.0769. The lowest BCUT2D eigenvalue weighted by molar-refractivity contribution is 0.628. The normalized spacial score (nSPS) is 10.1. The van der Waals surface area contributed by atoms with Crippen molar-refractivity contribution in [3.8, 4) is 0 Å². The van der Waals surface area contributed by atoms with E-state index < -0.39 is 5.82 Å². The molecule has 1 aromatic carbocycles. The Hall–Kier alpha value is -2.34. The third-order valence-corrected chi connectivity index (χ3v) is 2.77. The molecule has 0 aliphatic rings. The van der Waals surface area contributed by atoms with Gasteiger partial charge in [0.1, 0.15) is 17.8 Å². The molecule has 0 aliphatic carbocycles. The summed E-state index contributed by atoms with van der Waals surface area (Å²) in [5, 5.41) is 5.97. The maximum atomic E-state index is 13.1. The van der Waals surface area contributed by atoms with E-state index in [1.807, 2.05) is 0 Å². The molecule has 0 amide bonds. The maximum Gasteiger partial charge on any atom is 0.159 e. The van der Waals surface area contributed by atoms with Crippen molar-refractivity contribution in [2.75, 3.05) is 22.9 Å². The zero-order chi connectivity index (χ0) is 14.5. The van der Waals surface area contributed by atoms with E-state index in [1.54, 1.807) is 12.1 Å². The van der Waals surface area contributed by atoms with E-state index >= 15 is 0 Å². The first kappa shape index (κ1) is 14.1. The number of hydrogen-bond acceptors (Lipinski definition) is 5. The Kier molecular flexibility index (Phi) is 4.37. The number of anilines is 4. The standard InChI is InChI=1S/C13H13ClFN5/c1-2-5-17-12-11(16)13(19-7-18-12)20-8-3-4-10(15)9(14)6-8/h2-4,6-7H,1,5,16H2,(H2,17,18,19,20). The Morgan fingerprint density at radius 1 is 1.35 bits per heavy atom. The van der Waals surface area contributed by atoms with Crippen LogP contribution < -0.4 is 16.4 Å². The molecule has 0 saturated heterocycles. The monoisotopic (exact) mass is 293 g/mol. The summed E-state index contributed by atoms with van der Waals surface area (Å²) in [7, 11) is 0. The smallest absolute Gasteiger partial charge is 0.159 e. The number of benzene rings is 1. The van der Waals surface area contributed by atoms with Crippen molar-refractivity contribution in [2.24, 2.45) is 0 Å². The second-order valence-electron chi connectivity index (χ2n) is 3.91. The van der Waals surface area contributed by atoms with Gasteiger partial charge in [-0.1, -0.05) is 17.7 Å². The quantitative estimate of drug-likeness (QED) is 0.738. The van der Waals surface area contributed by atoms with Crippen LogP contribution in [0.25, 0.3) is 0 Å². The lowest BCUT2D eigenvalue weighted by Gasteiger charge is -2.12. The summed E-state index contributed by atoms with van der Waals surface area (Å²) < 4.78 is 13.1. The average Bonchev–Trinajstić information content (AvgIpc) is 2.44. The van der Waals surface area contributed by atoms with Crippen LogP contribution in [-0.2, 0) is 0 Å². The summed E-state index contributed by atoms with van der Waals surface area (Å²) in [6.45, 7) is 4.13. The number of nitrogens with two attached hydrogens (primary N) is 1. The number of aromatic nitrogens is 2. The first-order valence-electron chi connectivity index (χ1n) is 5.79. The molecule has 7 heteroatoms. The van der Waals surface area contributed by atoms with Crippen LogP contribution in [0, 0.1) is 5.82 Å². The van der Waals surface area contributed by atoms with Crippen LogP contribution in [-0.4, -0.2) is 16.5 Å². The highest BCUT2D eigenvalue weighted by Crippen LogP contribution is 2.27. The predicted molar refractivity (Wildman–Crippen MR) is 79.8 cm³/mol. The van der Waals surface area contributed by atoms with Crippen LogP contribution in [0.1, 0.15) is 0 Å². The molecule has 5 nitrogen and oxygen atoms in total. The molecule has 4 N–H and O–H groups in total. The SMILES string of the molecule is C=CCNc1ncnc(Nc2ccc(F)c(Cl)c2)c1N. The Bertz CT molecular complexity index is 632. The number of halogens is 2. The van der Waals surface area contributed by atoms with E-state index in [0.717, 1.165) is 0 Å². The van der Waals surface area contributed by atoms with E-state index in [2.05, 4.69) is 27.2 Å². The van der Waals surface area contributed by atoms with Gasteiger partial charge < -0.3 is 16.4 Å². The molecule has 2 rings (SSSR count). The topological polar surface area (TPSA) is 75.9 Å². The molecule has 0 radical (unpaired) electrons. The van der Waals surface area contributed by atoms with E-state index in [1.165, 1.54) is 18.5 Å². The Labute approximate surface area is 120 Å². The number of nitrogen functional groups attached to an aromatic ring is 1. The van der Waals surface area contributed by atoms with E-state index in [0.29, 0.717) is 29.6 Å². The minimum atomic E-state index is -0.485. The van der Waals surface area contributed by atoms with Crippen LogP contribution in [0.3, 0.4) is 0 Å². The molecule has 0 fully saturated rings. The molecule has 0 spiro atoms. The highest BCUT2D eigenvalue weighted by Gasteiger charge is 2.08. The minimum absolute atomic E-state index is 0.0210. The predicted octanol–water partition coefficient (Wildman–Crippen LogP) is 3.19. The molecule has 0 saturated carbocycles. The molecular weight excluding hydrogens is 281 g/mol. The van der Waals surface area contributed by atoms with Crippen molar-refractivity contribution in [3.63, 3.8) is 0 Å². The van der Waals surface area contributed by atoms with Gasteiger partial charge in [-0.15, -0.1) is 6.58 Å². The van der Waals surface area contributed by atoms with Gasteiger partial charge in [-0.25, -0.2) is 14.4 Å². The molecule has 20 heavy (non-hydrogen) atoms. The fourth-order valence-corrected chi connectivity index (χ4v) is 1.70. The van der Waals surface area contributed by atoms with Gasteiger partial charge in [0.15, 0.2) is 11.6 Å². The Morgan fingerprint density at radius 3 is 2.80 bits per heavy atom. The highest BCUT2D eigenvalue weighted by molar-refractivity contribution is 6.31. The van der Waals surface area contributed by atoms with Gasteiger partial charge in [-0.3, -0.25) is 0 Å². The van der Waals surface area contributed by atoms with Gasteiger partial charge in [0, 0.05) is 12.2 Å². The van der Waals surface area contributed by atoms with Crippen LogP contribution in [0.2, 0.25) is 5.02 Å². The second kappa shape index (κ2) is 6.21. The van der Waals surface area contributed by atoms with Crippen molar-refractivity contribution < 1.29 is 4.39 Å². The first-order valence-corrected chi connectivity index (χ1v) is 6.17. The van der Waals surface area contributed by atoms with Crippen molar-refractivity contribution in [3.05, 3.63) is 48.0 Å². The zero-order valence-corrected chi connectivity index (χ0v) is 11.3. The molecule has 104 valence electrons. The molecule has 0 bridgehead atoms. The van der Waals surface area contributed by atoms with Crippen LogP contribution in [0.15, 0.2) is 37.2 Å². The largest absolute Gasteiger partial charge is 0.393 e. The molecule has 2 aromatic rings. The maximum absolute atomic E-state index is 13.1. The van der Waals surface area contributed by atoms with Crippen molar-refractivity contribution in [1.29, 1.82) is 0 Å². The summed E-state index contributed by atoms with van der Waals surface area (Å²) >= 11 is 5.72. The first-order chi connectivity index (χ1) is 9.61. The van der Waals surface area contributed by atoms with Gasteiger partial charge in [-0.05, 0) is 18.2 Å². The number of nitrogens with one attached hydrogen (secondary N) is 2. The molecular formula is C13H13ClFN5. The Morgan fingerprint density at radius 2 is 2.10 bits per heavy atom. The van der Waals surface area contributed by atoms with Gasteiger partial charge in [0.25, 0.3) is 0 Å². The Balaban J connectivity index is 2.24. The molecule has 1 heterocycles. The molecule has 1 aromatic heterocycles.